The lowest BCUT2D eigenvalue weighted by molar-refractivity contribution is -0.144. The number of carbonyl (C=O) groups is 7. The number of benzene rings is 2. The molecule has 0 radical (unpaired) electrons. The van der Waals surface area contributed by atoms with Crippen LogP contribution in [-0.2, 0) is 46.6 Å². The van der Waals surface area contributed by atoms with Gasteiger partial charge in [0, 0.05) is 70.3 Å². The van der Waals surface area contributed by atoms with E-state index in [0.717, 1.165) is 11.0 Å². The van der Waals surface area contributed by atoms with Crippen LogP contribution in [0, 0.1) is 0 Å². The van der Waals surface area contributed by atoms with E-state index in [1.54, 1.807) is 30.1 Å². The van der Waals surface area contributed by atoms with Crippen LogP contribution in [0.25, 0.3) is 11.0 Å². The molecule has 0 fully saturated rings. The summed E-state index contributed by atoms with van der Waals surface area (Å²) in [4.78, 5) is 103. The number of fused-ring (bicyclic) bond motifs is 2. The normalized spacial score (nSPS) is 16.9. The van der Waals surface area contributed by atoms with Crippen molar-refractivity contribution in [1.29, 1.82) is 0 Å². The Bertz CT molecular complexity index is 2400. The highest BCUT2D eigenvalue weighted by atomic mass is 16.5. The molecule has 4 rings (SSSR count). The number of aromatic nitrogens is 2. The summed E-state index contributed by atoms with van der Waals surface area (Å²) >= 11 is 0. The highest BCUT2D eigenvalue weighted by Gasteiger charge is 2.33. The second kappa shape index (κ2) is 32.5. The van der Waals surface area contributed by atoms with Crippen molar-refractivity contribution in [3.05, 3.63) is 59.4 Å². The Kier molecular flexibility index (Phi) is 26.7. The maximum Gasteiger partial charge on any atom is 0.308 e. The van der Waals surface area contributed by atoms with Crippen LogP contribution in [0.5, 0.6) is 0 Å². The van der Waals surface area contributed by atoms with Crippen molar-refractivity contribution in [3.8, 4) is 0 Å². The molecule has 27 heteroatoms. The summed E-state index contributed by atoms with van der Waals surface area (Å²) in [5, 5.41) is 104. The number of imidazole rings is 1. The number of esters is 1. The van der Waals surface area contributed by atoms with E-state index < -0.39 is 110 Å². The van der Waals surface area contributed by atoms with E-state index >= 15 is 0 Å². The molecule has 1 unspecified atom stereocenters. The molecule has 2 heterocycles. The average molecular weight is 1100 g/mol. The first kappa shape index (κ1) is 64.1. The highest BCUT2D eigenvalue weighted by molar-refractivity contribution is 5.96. The number of hydrogen-bond acceptors (Lipinski definition) is 20. The quantitative estimate of drug-likeness (QED) is 0.0200. The Balaban J connectivity index is 1.34. The van der Waals surface area contributed by atoms with Gasteiger partial charge in [-0.3, -0.25) is 33.6 Å². The second-order valence-corrected chi connectivity index (χ2v) is 19.3. The predicted molar refractivity (Wildman–Crippen MR) is 279 cm³/mol. The Morgan fingerprint density at radius 2 is 1.45 bits per heavy atom. The number of nitrogens with zero attached hydrogens (tertiary/aromatic N) is 3. The number of hydrogen-bond donors (Lipinski definition) is 16. The zero-order valence-corrected chi connectivity index (χ0v) is 44.2. The van der Waals surface area contributed by atoms with Gasteiger partial charge in [0.05, 0.1) is 74.8 Å². The lowest BCUT2D eigenvalue weighted by Gasteiger charge is -2.26. The van der Waals surface area contributed by atoms with Crippen LogP contribution in [0.3, 0.4) is 0 Å². The molecule has 3 aromatic rings. The average Bonchev–Trinajstić information content (AvgIpc) is 3.81. The first-order valence-corrected chi connectivity index (χ1v) is 25.9. The van der Waals surface area contributed by atoms with Gasteiger partial charge in [0.1, 0.15) is 36.2 Å². The van der Waals surface area contributed by atoms with Crippen LogP contribution < -0.4 is 31.9 Å². The third kappa shape index (κ3) is 20.1. The molecule has 16 N–H and O–H groups in total. The summed E-state index contributed by atoms with van der Waals surface area (Å²) in [5.41, 5.74) is 3.26. The van der Waals surface area contributed by atoms with Gasteiger partial charge in [0.25, 0.3) is 5.91 Å². The maximum atomic E-state index is 13.9. The summed E-state index contributed by atoms with van der Waals surface area (Å²) in [6, 6.07) is 9.35. The number of likely N-dealkylation sites (N-methyl/N-ethyl adjacent to an activating group) is 1. The van der Waals surface area contributed by atoms with E-state index in [4.69, 9.17) is 14.9 Å². The maximum absolute atomic E-state index is 13.9. The Morgan fingerprint density at radius 1 is 0.795 bits per heavy atom. The minimum absolute atomic E-state index is 0.0938. The molecule has 10 atom stereocenters. The van der Waals surface area contributed by atoms with Gasteiger partial charge in [0.15, 0.2) is 0 Å². The zero-order valence-electron chi connectivity index (χ0n) is 44.2. The Hall–Kier alpha value is -6.40. The summed E-state index contributed by atoms with van der Waals surface area (Å²) < 4.78 is 4.87. The van der Waals surface area contributed by atoms with Crippen LogP contribution in [0.1, 0.15) is 86.0 Å². The van der Waals surface area contributed by atoms with E-state index in [1.165, 1.54) is 19.1 Å². The van der Waals surface area contributed by atoms with Gasteiger partial charge in [-0.1, -0.05) is 25.0 Å². The predicted octanol–water partition coefficient (Wildman–Crippen LogP) is -4.04. The first-order valence-electron chi connectivity index (χ1n) is 25.9. The minimum Gasteiger partial charge on any atom is -0.469 e. The number of unbranched alkanes of at least 4 members (excludes halogenated alkanes) is 3. The van der Waals surface area contributed by atoms with Crippen molar-refractivity contribution < 1.29 is 84.3 Å². The molecule has 1 aromatic heterocycles. The first-order chi connectivity index (χ1) is 37.2. The van der Waals surface area contributed by atoms with Crippen molar-refractivity contribution in [2.24, 2.45) is 0 Å². The minimum atomic E-state index is -1.94. The fourth-order valence-electron chi connectivity index (χ4n) is 8.49. The number of nitrogens with one attached hydrogen (secondary N) is 7. The molecule has 2 aromatic carbocycles. The zero-order chi connectivity index (χ0) is 57.5. The SMILES string of the molecule is CN[C@@H](CCC(=O)NC[C@@H](O)[C@H](O)C[C@@H](O)CO)C(=O)N[C@@H](CCC(=O)NC[C@H](O)[C@@H](O)[C@H](O)[C@H](O)CO)C(=O)NCCCCCCN1Cc2cc(C(=O)N(C)Cc3nc4ccccc4[nH]3)ccc2NC(CC(=O)OC)C1=O. The van der Waals surface area contributed by atoms with Crippen LogP contribution in [0.4, 0.5) is 5.69 Å². The van der Waals surface area contributed by atoms with Crippen molar-refractivity contribution in [1.82, 2.24) is 46.4 Å². The van der Waals surface area contributed by atoms with Gasteiger partial charge in [-0.15, -0.1) is 0 Å². The van der Waals surface area contributed by atoms with Gasteiger partial charge < -0.3 is 97.4 Å². The monoisotopic (exact) mass is 1100 g/mol. The standard InChI is InChI=1S/C51H78N10O17/c1-52-35(14-16-43(69)54-23-39(66)38(65)21-31(64)27-62)49(75)59-36(15-17-44(70)55-24-40(67)46(72)47(73)41(68)28-63)48(74)53-18-8-4-5-9-19-61-25-30-20-29(12-13-32(30)56-37(51(61)77)22-45(71)78-3)50(76)60(2)26-42-57-33-10-6-7-11-34(33)58-42/h6-7,10-13,20,31,35-41,46-47,52,56,62-68,72-73H,4-5,8-9,14-19,21-28H2,1-3H3,(H,53,74)(H,54,69)(H,55,70)(H,57,58)(H,59,75)/t31-,35+,36+,37?,38-,39-,40+,41-,46-,47-/m1/s1. The van der Waals surface area contributed by atoms with Gasteiger partial charge in [-0.2, -0.15) is 0 Å². The number of anilines is 1. The summed E-state index contributed by atoms with van der Waals surface area (Å²) in [5.74, 6) is -3.27. The van der Waals surface area contributed by atoms with Crippen LogP contribution in [0.15, 0.2) is 42.5 Å². The second-order valence-electron chi connectivity index (χ2n) is 19.3. The van der Waals surface area contributed by atoms with Crippen LogP contribution in [-0.4, -0.2) is 229 Å². The molecule has 0 saturated heterocycles. The molecular formula is C51H78N10O17. The smallest absolute Gasteiger partial charge is 0.308 e. The fourth-order valence-corrected chi connectivity index (χ4v) is 8.49. The van der Waals surface area contributed by atoms with Crippen LogP contribution >= 0.6 is 0 Å². The third-order valence-electron chi connectivity index (χ3n) is 13.2. The number of carbonyl (C=O) groups excluding carboxylic acids is 7. The molecule has 0 spiro atoms. The fraction of sp³-hybridized carbons (Fsp3) is 0.608. The number of para-hydroxylation sites is 2. The van der Waals surface area contributed by atoms with E-state index in [2.05, 4.69) is 41.9 Å². The van der Waals surface area contributed by atoms with Gasteiger partial charge in [-0.25, -0.2) is 4.98 Å². The number of methoxy groups -OCH3 is 1. The number of H-pyrrole nitrogens is 1. The number of amides is 6. The number of aliphatic hydroxyl groups is 9. The molecule has 0 bridgehead atoms. The lowest BCUT2D eigenvalue weighted by Crippen LogP contribution is -2.53. The van der Waals surface area contributed by atoms with Gasteiger partial charge in [0.2, 0.25) is 29.5 Å². The molecule has 1 aliphatic rings. The molecule has 434 valence electrons. The van der Waals surface area contributed by atoms with Crippen molar-refractivity contribution >= 4 is 58.1 Å². The molecular weight excluding hydrogens is 1020 g/mol. The van der Waals surface area contributed by atoms with Crippen molar-refractivity contribution in [2.45, 2.75) is 138 Å². The summed E-state index contributed by atoms with van der Waals surface area (Å²) in [6.45, 7) is -1.72. The number of aliphatic hydroxyl groups excluding tert-OH is 9. The van der Waals surface area contributed by atoms with E-state index in [0.29, 0.717) is 54.9 Å². The van der Waals surface area contributed by atoms with Crippen LogP contribution in [0.2, 0.25) is 0 Å². The molecule has 0 saturated carbocycles. The van der Waals surface area contributed by atoms with Crippen molar-refractivity contribution in [2.75, 3.05) is 65.9 Å². The molecule has 78 heavy (non-hydrogen) atoms. The Morgan fingerprint density at radius 3 is 2.10 bits per heavy atom. The third-order valence-corrected chi connectivity index (χ3v) is 13.2. The topological polar surface area (TPSA) is 418 Å². The van der Waals surface area contributed by atoms with Gasteiger partial charge >= 0.3 is 5.97 Å². The molecule has 1 aliphatic heterocycles. The number of ether oxygens (including phenoxy) is 1. The van der Waals surface area contributed by atoms with E-state index in [9.17, 15) is 69.3 Å². The van der Waals surface area contributed by atoms with E-state index in [1.807, 2.05) is 24.3 Å². The number of rotatable bonds is 34. The Labute approximate surface area is 451 Å². The van der Waals surface area contributed by atoms with Crippen molar-refractivity contribution in [3.63, 3.8) is 0 Å². The molecule has 0 aliphatic carbocycles. The lowest BCUT2D eigenvalue weighted by atomic mass is 10.0. The summed E-state index contributed by atoms with van der Waals surface area (Å²) in [7, 11) is 4.34. The molecule has 27 nitrogen and oxygen atoms in total. The largest absolute Gasteiger partial charge is 0.469 e. The van der Waals surface area contributed by atoms with Gasteiger partial charge in [-0.05, 0) is 68.6 Å². The molecule has 6 amide bonds. The van der Waals surface area contributed by atoms with E-state index in [-0.39, 0.29) is 76.5 Å². The number of aromatic amines is 1. The highest BCUT2D eigenvalue weighted by Crippen LogP contribution is 2.27. The summed E-state index contributed by atoms with van der Waals surface area (Å²) in [6.07, 6.45) is -10.9.